The molecule has 0 saturated carbocycles. The molecule has 0 unspecified atom stereocenters. The third-order valence-corrected chi connectivity index (χ3v) is 3.18. The van der Waals surface area contributed by atoms with Crippen molar-refractivity contribution in [1.29, 1.82) is 0 Å². The highest BCUT2D eigenvalue weighted by Crippen LogP contribution is 2.19. The highest BCUT2D eigenvalue weighted by Gasteiger charge is 2.06. The quantitative estimate of drug-likeness (QED) is 0.931. The molecule has 2 rings (SSSR count). The molecule has 18 heavy (non-hydrogen) atoms. The fourth-order valence-electron chi connectivity index (χ4n) is 1.79. The summed E-state index contributed by atoms with van der Waals surface area (Å²) >= 11 is 3.45. The van der Waals surface area contributed by atoms with Crippen LogP contribution < -0.4 is 4.74 Å². The van der Waals surface area contributed by atoms with Crippen LogP contribution in [0.1, 0.15) is 30.9 Å². The molecular weight excluding hydrogens is 292 g/mol. The Balaban J connectivity index is 2.08. The fraction of sp³-hybridized carbons (Fsp3) is 0.357. The molecular formula is C14H17BrN2O. The van der Waals surface area contributed by atoms with Gasteiger partial charge in [0.2, 0.25) is 0 Å². The van der Waals surface area contributed by atoms with Gasteiger partial charge in [0.25, 0.3) is 0 Å². The summed E-state index contributed by atoms with van der Waals surface area (Å²) in [4.78, 5) is 7.55. The topological polar surface area (TPSA) is 37.9 Å². The maximum Gasteiger partial charge on any atom is 0.127 e. The van der Waals surface area contributed by atoms with Crippen LogP contribution in [0.15, 0.2) is 28.9 Å². The van der Waals surface area contributed by atoms with E-state index in [2.05, 4.69) is 38.0 Å². The van der Waals surface area contributed by atoms with Gasteiger partial charge in [0, 0.05) is 6.42 Å². The number of rotatable bonds is 4. The lowest BCUT2D eigenvalue weighted by atomic mass is 10.1. The highest BCUT2D eigenvalue weighted by molar-refractivity contribution is 9.10. The maximum atomic E-state index is 5.62. The van der Waals surface area contributed by atoms with Crippen molar-refractivity contribution in [3.63, 3.8) is 0 Å². The van der Waals surface area contributed by atoms with Crippen LogP contribution >= 0.6 is 15.9 Å². The summed E-state index contributed by atoms with van der Waals surface area (Å²) in [6.07, 6.45) is 1.05. The second-order valence-corrected chi connectivity index (χ2v) is 5.33. The van der Waals surface area contributed by atoms with Crippen molar-refractivity contribution < 1.29 is 4.74 Å². The third-order valence-electron chi connectivity index (χ3n) is 2.52. The summed E-state index contributed by atoms with van der Waals surface area (Å²) < 4.78 is 6.51. The number of aromatic nitrogens is 2. The van der Waals surface area contributed by atoms with Gasteiger partial charge in [0.05, 0.1) is 11.8 Å². The van der Waals surface area contributed by atoms with Crippen LogP contribution in [0.25, 0.3) is 0 Å². The number of hydrogen-bond acceptors (Lipinski definition) is 2. The summed E-state index contributed by atoms with van der Waals surface area (Å²) in [6.45, 7) is 6.00. The largest absolute Gasteiger partial charge is 0.491 e. The van der Waals surface area contributed by atoms with Crippen LogP contribution in [-0.4, -0.2) is 16.1 Å². The molecule has 4 heteroatoms. The maximum absolute atomic E-state index is 5.62. The first-order chi connectivity index (χ1) is 8.54. The number of benzene rings is 1. The van der Waals surface area contributed by atoms with Crippen molar-refractivity contribution in [3.8, 4) is 5.75 Å². The first-order valence-corrected chi connectivity index (χ1v) is 6.80. The van der Waals surface area contributed by atoms with E-state index in [0.717, 1.165) is 28.3 Å². The van der Waals surface area contributed by atoms with E-state index in [0.29, 0.717) is 0 Å². The van der Waals surface area contributed by atoms with Crippen molar-refractivity contribution in [2.75, 3.05) is 0 Å². The van der Waals surface area contributed by atoms with E-state index in [9.17, 15) is 0 Å². The molecule has 96 valence electrons. The van der Waals surface area contributed by atoms with Gasteiger partial charge in [-0.2, -0.15) is 0 Å². The van der Waals surface area contributed by atoms with Crippen LogP contribution in [-0.2, 0) is 6.42 Å². The van der Waals surface area contributed by atoms with E-state index in [4.69, 9.17) is 4.74 Å². The lowest BCUT2D eigenvalue weighted by molar-refractivity contribution is 0.242. The molecule has 3 nitrogen and oxygen atoms in total. The zero-order valence-corrected chi connectivity index (χ0v) is 12.4. The van der Waals surface area contributed by atoms with Gasteiger partial charge in [-0.3, -0.25) is 0 Å². The normalized spacial score (nSPS) is 10.9. The van der Waals surface area contributed by atoms with Crippen molar-refractivity contribution in [2.45, 2.75) is 33.3 Å². The predicted molar refractivity (Wildman–Crippen MR) is 76.0 cm³/mol. The number of H-pyrrole nitrogens is 1. The Morgan fingerprint density at radius 2 is 1.94 bits per heavy atom. The van der Waals surface area contributed by atoms with Gasteiger partial charge in [-0.25, -0.2) is 4.98 Å². The molecule has 0 atom stereocenters. The number of hydrogen-bond donors (Lipinski definition) is 1. The SMILES string of the molecule is Cc1nc(Br)c(Cc2ccc(OC(C)C)cc2)[nH]1. The molecule has 0 aliphatic heterocycles. The van der Waals surface area contributed by atoms with Crippen LogP contribution in [0, 0.1) is 6.92 Å². The van der Waals surface area contributed by atoms with Crippen LogP contribution in [0.4, 0.5) is 0 Å². The Labute approximate surface area is 116 Å². The second kappa shape index (κ2) is 5.57. The molecule has 1 aromatic heterocycles. The molecule has 2 aromatic rings. The van der Waals surface area contributed by atoms with Crippen molar-refractivity contribution in [1.82, 2.24) is 9.97 Å². The number of ether oxygens (including phenoxy) is 1. The van der Waals surface area contributed by atoms with Crippen LogP contribution in [0.2, 0.25) is 0 Å². The lowest BCUT2D eigenvalue weighted by Crippen LogP contribution is -2.05. The van der Waals surface area contributed by atoms with Crippen molar-refractivity contribution >= 4 is 15.9 Å². The monoisotopic (exact) mass is 308 g/mol. The van der Waals surface area contributed by atoms with Crippen LogP contribution in [0.3, 0.4) is 0 Å². The summed E-state index contributed by atoms with van der Waals surface area (Å²) in [7, 11) is 0. The summed E-state index contributed by atoms with van der Waals surface area (Å²) in [5.41, 5.74) is 2.33. The van der Waals surface area contributed by atoms with E-state index < -0.39 is 0 Å². The zero-order chi connectivity index (χ0) is 13.1. The van der Waals surface area contributed by atoms with Crippen molar-refractivity contribution in [2.24, 2.45) is 0 Å². The number of aromatic amines is 1. The Bertz CT molecular complexity index is 517. The van der Waals surface area contributed by atoms with E-state index in [1.54, 1.807) is 0 Å². The molecule has 0 saturated heterocycles. The van der Waals surface area contributed by atoms with Gasteiger partial charge < -0.3 is 9.72 Å². The molecule has 1 heterocycles. The van der Waals surface area contributed by atoms with Gasteiger partial charge in [0.15, 0.2) is 0 Å². The number of nitrogens with one attached hydrogen (secondary N) is 1. The molecule has 0 fully saturated rings. The predicted octanol–water partition coefficient (Wildman–Crippen LogP) is 3.86. The van der Waals surface area contributed by atoms with Crippen LogP contribution in [0.5, 0.6) is 5.75 Å². The van der Waals surface area contributed by atoms with Gasteiger partial charge in [-0.15, -0.1) is 0 Å². The number of aryl methyl sites for hydroxylation is 1. The molecule has 0 radical (unpaired) electrons. The van der Waals surface area contributed by atoms with Gasteiger partial charge in [0.1, 0.15) is 16.2 Å². The van der Waals surface area contributed by atoms with E-state index in [1.165, 1.54) is 5.56 Å². The third kappa shape index (κ3) is 3.35. The molecule has 0 amide bonds. The Hall–Kier alpha value is -1.29. The summed E-state index contributed by atoms with van der Waals surface area (Å²) in [6, 6.07) is 8.18. The molecule has 0 aliphatic carbocycles. The smallest absolute Gasteiger partial charge is 0.127 e. The van der Waals surface area contributed by atoms with E-state index >= 15 is 0 Å². The van der Waals surface area contributed by atoms with Gasteiger partial charge >= 0.3 is 0 Å². The molecule has 1 N–H and O–H groups in total. The highest BCUT2D eigenvalue weighted by atomic mass is 79.9. The number of imidazole rings is 1. The minimum absolute atomic E-state index is 0.209. The average molecular weight is 309 g/mol. The van der Waals surface area contributed by atoms with E-state index in [-0.39, 0.29) is 6.10 Å². The Kier molecular flexibility index (Phi) is 4.07. The van der Waals surface area contributed by atoms with Gasteiger partial charge in [-0.1, -0.05) is 12.1 Å². The molecule has 0 spiro atoms. The average Bonchev–Trinajstić information content (AvgIpc) is 2.59. The Morgan fingerprint density at radius 3 is 2.44 bits per heavy atom. The zero-order valence-electron chi connectivity index (χ0n) is 10.8. The van der Waals surface area contributed by atoms with Gasteiger partial charge in [-0.05, 0) is 54.4 Å². The minimum atomic E-state index is 0.209. The molecule has 0 aliphatic rings. The second-order valence-electron chi connectivity index (χ2n) is 4.58. The van der Waals surface area contributed by atoms with Crippen molar-refractivity contribution in [3.05, 3.63) is 46.0 Å². The molecule has 0 bridgehead atoms. The first-order valence-electron chi connectivity index (χ1n) is 6.01. The number of halogens is 1. The minimum Gasteiger partial charge on any atom is -0.491 e. The standard InChI is InChI=1S/C14H17BrN2O/c1-9(2)18-12-6-4-11(5-7-12)8-13-14(15)17-10(3)16-13/h4-7,9H,8H2,1-3H3,(H,16,17). The van der Waals surface area contributed by atoms with E-state index in [1.807, 2.05) is 32.9 Å². The molecule has 1 aromatic carbocycles. The Morgan fingerprint density at radius 1 is 1.28 bits per heavy atom. The first kappa shape index (κ1) is 13.1. The fourth-order valence-corrected chi connectivity index (χ4v) is 2.30. The number of nitrogens with zero attached hydrogens (tertiary/aromatic N) is 1. The lowest BCUT2D eigenvalue weighted by Gasteiger charge is -2.09. The summed E-state index contributed by atoms with van der Waals surface area (Å²) in [5.74, 6) is 1.84. The summed E-state index contributed by atoms with van der Waals surface area (Å²) in [5, 5.41) is 0.